The molecule has 1 aromatic carbocycles. The number of phenolic OH excluding ortho intramolecular Hbond substituents is 1. The van der Waals surface area contributed by atoms with Gasteiger partial charge in [0.2, 0.25) is 0 Å². The highest BCUT2D eigenvalue weighted by atomic mass is 16.5. The molecule has 0 aliphatic rings. The SMILES string of the molecule is CCCCCCCCCCCCCCCC=COC(=O)c1ccccc1O. The van der Waals surface area contributed by atoms with Crippen LogP contribution in [0, 0.1) is 0 Å². The summed E-state index contributed by atoms with van der Waals surface area (Å²) in [5.74, 6) is -0.567. The van der Waals surface area contributed by atoms with E-state index in [1.54, 1.807) is 18.2 Å². The number of para-hydroxylation sites is 1. The molecule has 0 saturated heterocycles. The zero-order valence-corrected chi connectivity index (χ0v) is 17.1. The Hall–Kier alpha value is -1.77. The Morgan fingerprint density at radius 2 is 1.37 bits per heavy atom. The van der Waals surface area contributed by atoms with E-state index in [2.05, 4.69) is 6.92 Å². The average molecular weight is 375 g/mol. The third kappa shape index (κ3) is 12.3. The lowest BCUT2D eigenvalue weighted by atomic mass is 10.0. The Balaban J connectivity index is 1.88. The summed E-state index contributed by atoms with van der Waals surface area (Å²) >= 11 is 0. The molecule has 0 amide bonds. The number of hydrogen-bond acceptors (Lipinski definition) is 3. The number of rotatable bonds is 16. The summed E-state index contributed by atoms with van der Waals surface area (Å²) in [7, 11) is 0. The molecule has 0 aliphatic carbocycles. The summed E-state index contributed by atoms with van der Waals surface area (Å²) in [5, 5.41) is 9.59. The van der Waals surface area contributed by atoms with E-state index in [0.29, 0.717) is 0 Å². The van der Waals surface area contributed by atoms with Gasteiger partial charge in [-0.3, -0.25) is 0 Å². The molecule has 0 radical (unpaired) electrons. The van der Waals surface area contributed by atoms with Gasteiger partial charge in [0, 0.05) is 0 Å². The number of unbranched alkanes of at least 4 members (excludes halogenated alkanes) is 13. The lowest BCUT2D eigenvalue weighted by Gasteiger charge is -2.03. The molecule has 0 saturated carbocycles. The van der Waals surface area contributed by atoms with E-state index >= 15 is 0 Å². The van der Waals surface area contributed by atoms with Crippen LogP contribution in [-0.4, -0.2) is 11.1 Å². The van der Waals surface area contributed by atoms with Gasteiger partial charge in [-0.05, 0) is 31.1 Å². The van der Waals surface area contributed by atoms with Crippen molar-refractivity contribution in [3.63, 3.8) is 0 Å². The molecule has 0 spiro atoms. The maximum absolute atomic E-state index is 11.8. The number of carbonyl (C=O) groups is 1. The molecule has 0 heterocycles. The number of ether oxygens (including phenoxy) is 1. The molecule has 3 heteroatoms. The van der Waals surface area contributed by atoms with Crippen molar-refractivity contribution < 1.29 is 14.6 Å². The van der Waals surface area contributed by atoms with Gasteiger partial charge in [-0.15, -0.1) is 0 Å². The van der Waals surface area contributed by atoms with Crippen LogP contribution in [0.1, 0.15) is 107 Å². The van der Waals surface area contributed by atoms with Crippen molar-refractivity contribution in [2.45, 2.75) is 96.8 Å². The molecule has 27 heavy (non-hydrogen) atoms. The second-order valence-corrected chi connectivity index (χ2v) is 7.33. The number of phenols is 1. The third-order valence-corrected chi connectivity index (χ3v) is 4.87. The standard InChI is InChI=1S/C24H38O3/c1-2-3-4-5-6-7-8-9-10-11-12-13-14-15-18-21-27-24(26)22-19-16-17-20-23(22)25/h16-21,25H,2-15H2,1H3. The van der Waals surface area contributed by atoms with Gasteiger partial charge < -0.3 is 9.84 Å². The number of allylic oxidation sites excluding steroid dienone is 1. The van der Waals surface area contributed by atoms with Crippen LogP contribution in [0.25, 0.3) is 0 Å². The van der Waals surface area contributed by atoms with E-state index < -0.39 is 5.97 Å². The van der Waals surface area contributed by atoms with Crippen molar-refractivity contribution in [2.24, 2.45) is 0 Å². The topological polar surface area (TPSA) is 46.5 Å². The van der Waals surface area contributed by atoms with Crippen LogP contribution in [0.2, 0.25) is 0 Å². The second-order valence-electron chi connectivity index (χ2n) is 7.33. The Bertz CT molecular complexity index is 522. The molecule has 0 atom stereocenters. The maximum atomic E-state index is 11.8. The molecule has 1 aromatic rings. The first-order valence-corrected chi connectivity index (χ1v) is 10.9. The van der Waals surface area contributed by atoms with Gasteiger partial charge in [-0.2, -0.15) is 0 Å². The smallest absolute Gasteiger partial charge is 0.346 e. The molecule has 1 rings (SSSR count). The van der Waals surface area contributed by atoms with Crippen molar-refractivity contribution in [1.29, 1.82) is 0 Å². The van der Waals surface area contributed by atoms with Gasteiger partial charge in [-0.25, -0.2) is 4.79 Å². The van der Waals surface area contributed by atoms with Crippen molar-refractivity contribution >= 4 is 5.97 Å². The van der Waals surface area contributed by atoms with Crippen molar-refractivity contribution in [1.82, 2.24) is 0 Å². The van der Waals surface area contributed by atoms with E-state index in [4.69, 9.17) is 4.74 Å². The third-order valence-electron chi connectivity index (χ3n) is 4.87. The van der Waals surface area contributed by atoms with Gasteiger partial charge in [-0.1, -0.05) is 96.1 Å². The molecule has 0 bridgehead atoms. The largest absolute Gasteiger partial charge is 0.507 e. The average Bonchev–Trinajstić information content (AvgIpc) is 2.68. The minimum Gasteiger partial charge on any atom is -0.507 e. The van der Waals surface area contributed by atoms with Crippen LogP contribution in [-0.2, 0) is 4.74 Å². The Morgan fingerprint density at radius 1 is 0.852 bits per heavy atom. The molecule has 0 aromatic heterocycles. The van der Waals surface area contributed by atoms with Gasteiger partial charge in [0.25, 0.3) is 0 Å². The Labute approximate surface area is 165 Å². The summed E-state index contributed by atoms with van der Waals surface area (Å²) in [6.45, 7) is 2.27. The van der Waals surface area contributed by atoms with Crippen LogP contribution >= 0.6 is 0 Å². The molecular formula is C24H38O3. The highest BCUT2D eigenvalue weighted by molar-refractivity contribution is 5.92. The van der Waals surface area contributed by atoms with Crippen molar-refractivity contribution in [3.8, 4) is 5.75 Å². The monoisotopic (exact) mass is 374 g/mol. The fourth-order valence-electron chi connectivity index (χ4n) is 3.17. The van der Waals surface area contributed by atoms with Crippen LogP contribution in [0.3, 0.4) is 0 Å². The van der Waals surface area contributed by atoms with E-state index in [1.807, 2.05) is 6.08 Å². The predicted molar refractivity (Wildman–Crippen MR) is 113 cm³/mol. The normalized spacial score (nSPS) is 11.1. The van der Waals surface area contributed by atoms with E-state index in [-0.39, 0.29) is 11.3 Å². The summed E-state index contributed by atoms with van der Waals surface area (Å²) in [4.78, 5) is 11.8. The minimum atomic E-state index is -0.519. The molecule has 3 nitrogen and oxygen atoms in total. The van der Waals surface area contributed by atoms with Crippen molar-refractivity contribution in [2.75, 3.05) is 0 Å². The van der Waals surface area contributed by atoms with E-state index in [0.717, 1.165) is 12.8 Å². The molecule has 1 N–H and O–H groups in total. The highest BCUT2D eigenvalue weighted by Crippen LogP contribution is 2.17. The van der Waals surface area contributed by atoms with E-state index in [1.165, 1.54) is 89.4 Å². The van der Waals surface area contributed by atoms with Gasteiger partial charge in [0.05, 0.1) is 6.26 Å². The Kier molecular flexibility index (Phi) is 14.1. The summed E-state index contributed by atoms with van der Waals surface area (Å²) < 4.78 is 5.04. The molecule has 0 fully saturated rings. The first-order valence-electron chi connectivity index (χ1n) is 10.9. The first kappa shape index (κ1) is 23.3. The van der Waals surface area contributed by atoms with E-state index in [9.17, 15) is 9.90 Å². The lowest BCUT2D eigenvalue weighted by Crippen LogP contribution is -2.00. The fraction of sp³-hybridized carbons (Fsp3) is 0.625. The number of aromatic hydroxyl groups is 1. The molecule has 0 aliphatic heterocycles. The van der Waals surface area contributed by atoms with Gasteiger partial charge in [0.1, 0.15) is 11.3 Å². The molecular weight excluding hydrogens is 336 g/mol. The number of hydrogen-bond donors (Lipinski definition) is 1. The zero-order valence-electron chi connectivity index (χ0n) is 17.1. The predicted octanol–water partition coefficient (Wildman–Crippen LogP) is 7.54. The lowest BCUT2D eigenvalue weighted by molar-refractivity contribution is 0.0659. The first-order chi connectivity index (χ1) is 13.3. The van der Waals surface area contributed by atoms with Crippen molar-refractivity contribution in [3.05, 3.63) is 42.2 Å². The quantitative estimate of drug-likeness (QED) is 0.185. The van der Waals surface area contributed by atoms with Gasteiger partial charge >= 0.3 is 5.97 Å². The number of carbonyl (C=O) groups excluding carboxylic acids is 1. The summed E-state index contributed by atoms with van der Waals surface area (Å²) in [6.07, 6.45) is 21.8. The zero-order chi connectivity index (χ0) is 19.6. The number of esters is 1. The fourth-order valence-corrected chi connectivity index (χ4v) is 3.17. The van der Waals surface area contributed by atoms with Crippen LogP contribution in [0.5, 0.6) is 5.75 Å². The maximum Gasteiger partial charge on any atom is 0.346 e. The summed E-state index contributed by atoms with van der Waals surface area (Å²) in [5.41, 5.74) is 0.197. The second kappa shape index (κ2) is 16.4. The van der Waals surface area contributed by atoms with Crippen LogP contribution < -0.4 is 0 Å². The number of benzene rings is 1. The van der Waals surface area contributed by atoms with Crippen LogP contribution in [0.4, 0.5) is 0 Å². The molecule has 152 valence electrons. The Morgan fingerprint density at radius 3 is 1.93 bits per heavy atom. The minimum absolute atomic E-state index is 0.0487. The highest BCUT2D eigenvalue weighted by Gasteiger charge is 2.09. The van der Waals surface area contributed by atoms with Crippen LogP contribution in [0.15, 0.2) is 36.6 Å². The molecule has 0 unspecified atom stereocenters. The van der Waals surface area contributed by atoms with Gasteiger partial charge in [0.15, 0.2) is 0 Å². The summed E-state index contributed by atoms with van der Waals surface area (Å²) in [6, 6.07) is 6.41.